The van der Waals surface area contributed by atoms with Gasteiger partial charge in [0.25, 0.3) is 0 Å². The van der Waals surface area contributed by atoms with Crippen molar-refractivity contribution in [1.82, 2.24) is 29.4 Å². The highest BCUT2D eigenvalue weighted by atomic mass is 16.5. The van der Waals surface area contributed by atoms with Crippen LogP contribution >= 0.6 is 0 Å². The summed E-state index contributed by atoms with van der Waals surface area (Å²) in [5.41, 5.74) is 3.97. The molecule has 0 bridgehead atoms. The van der Waals surface area contributed by atoms with Crippen LogP contribution in [-0.2, 0) is 6.61 Å². The quantitative estimate of drug-likeness (QED) is 0.308. The molecule has 4 aromatic heterocycles. The number of benzene rings is 2. The molecule has 1 atom stereocenters. The summed E-state index contributed by atoms with van der Waals surface area (Å²) in [6, 6.07) is 21.0. The minimum absolute atomic E-state index is 0.186. The zero-order chi connectivity index (χ0) is 25.6. The van der Waals surface area contributed by atoms with E-state index in [9.17, 15) is 0 Å². The second kappa shape index (κ2) is 8.77. The molecule has 6 aromatic rings. The largest absolute Gasteiger partial charge is 0.497 e. The van der Waals surface area contributed by atoms with Crippen LogP contribution in [0.5, 0.6) is 23.3 Å². The number of furan rings is 1. The van der Waals surface area contributed by atoms with Crippen molar-refractivity contribution < 1.29 is 18.6 Å². The predicted molar refractivity (Wildman–Crippen MR) is 136 cm³/mol. The summed E-state index contributed by atoms with van der Waals surface area (Å²) in [6.07, 6.45) is 3.25. The van der Waals surface area contributed by atoms with E-state index in [2.05, 4.69) is 10.1 Å². The summed E-state index contributed by atoms with van der Waals surface area (Å²) >= 11 is 0. The summed E-state index contributed by atoms with van der Waals surface area (Å²) in [4.78, 5) is 9.42. The number of para-hydroxylation sites is 1. The van der Waals surface area contributed by atoms with Crippen molar-refractivity contribution in [2.75, 3.05) is 7.11 Å². The monoisotopic (exact) mass is 506 g/mol. The van der Waals surface area contributed by atoms with E-state index in [1.807, 2.05) is 73.7 Å². The summed E-state index contributed by atoms with van der Waals surface area (Å²) in [7, 11) is 1.63. The van der Waals surface area contributed by atoms with E-state index >= 15 is 0 Å². The van der Waals surface area contributed by atoms with E-state index in [1.165, 1.54) is 0 Å². The van der Waals surface area contributed by atoms with Gasteiger partial charge in [-0.25, -0.2) is 19.2 Å². The lowest BCUT2D eigenvalue weighted by Gasteiger charge is -2.24. The lowest BCUT2D eigenvalue weighted by atomic mass is 9.88. The van der Waals surface area contributed by atoms with Gasteiger partial charge in [0.2, 0.25) is 11.8 Å². The summed E-state index contributed by atoms with van der Waals surface area (Å²) in [5, 5.41) is 9.42. The first-order valence-electron chi connectivity index (χ1n) is 12.1. The molecular weight excluding hydrogens is 484 g/mol. The summed E-state index contributed by atoms with van der Waals surface area (Å²) in [6.45, 7) is 2.15. The van der Waals surface area contributed by atoms with Crippen molar-refractivity contribution in [3.63, 3.8) is 0 Å². The van der Waals surface area contributed by atoms with Crippen LogP contribution in [0.3, 0.4) is 0 Å². The Kier molecular flexibility index (Phi) is 5.10. The average Bonchev–Trinajstić information content (AvgIpc) is 3.71. The molecule has 0 saturated carbocycles. The third kappa shape index (κ3) is 3.57. The smallest absolute Gasteiger partial charge is 0.230 e. The van der Waals surface area contributed by atoms with E-state index in [-0.39, 0.29) is 12.5 Å². The van der Waals surface area contributed by atoms with E-state index in [4.69, 9.17) is 28.7 Å². The number of rotatable bonds is 6. The second-order valence-corrected chi connectivity index (χ2v) is 8.83. The van der Waals surface area contributed by atoms with Gasteiger partial charge in [0, 0.05) is 0 Å². The molecule has 0 fully saturated rings. The van der Waals surface area contributed by atoms with Crippen LogP contribution in [0, 0.1) is 6.92 Å². The summed E-state index contributed by atoms with van der Waals surface area (Å²) < 4.78 is 26.9. The Labute approximate surface area is 217 Å². The Hall–Kier alpha value is -5.12. The normalized spacial score (nSPS) is 14.1. The number of hydrogen-bond acceptors (Lipinski definition) is 8. The van der Waals surface area contributed by atoms with E-state index in [1.54, 1.807) is 28.9 Å². The maximum atomic E-state index is 6.40. The van der Waals surface area contributed by atoms with Gasteiger partial charge < -0.3 is 18.6 Å². The van der Waals surface area contributed by atoms with Crippen LogP contribution in [0.15, 0.2) is 83.7 Å². The number of fused-ring (bicyclic) bond motifs is 4. The predicted octanol–water partition coefficient (Wildman–Crippen LogP) is 5.08. The zero-order valence-electron chi connectivity index (χ0n) is 20.6. The summed E-state index contributed by atoms with van der Waals surface area (Å²) in [5.74, 6) is 3.39. The molecule has 0 spiro atoms. The van der Waals surface area contributed by atoms with Crippen LogP contribution in [-0.4, -0.2) is 36.5 Å². The minimum atomic E-state index is -0.336. The molecule has 38 heavy (non-hydrogen) atoms. The van der Waals surface area contributed by atoms with Gasteiger partial charge in [0.1, 0.15) is 30.2 Å². The van der Waals surface area contributed by atoms with Crippen molar-refractivity contribution in [2.24, 2.45) is 0 Å². The van der Waals surface area contributed by atoms with Crippen molar-refractivity contribution in [1.29, 1.82) is 0 Å². The third-order valence-corrected chi connectivity index (χ3v) is 6.52. The molecule has 1 unspecified atom stereocenters. The second-order valence-electron chi connectivity index (χ2n) is 8.83. The molecule has 7 rings (SSSR count). The Balaban J connectivity index is 1.32. The third-order valence-electron chi connectivity index (χ3n) is 6.52. The van der Waals surface area contributed by atoms with Gasteiger partial charge >= 0.3 is 0 Å². The highest BCUT2D eigenvalue weighted by molar-refractivity contribution is 5.65. The van der Waals surface area contributed by atoms with Crippen molar-refractivity contribution in [3.8, 4) is 28.9 Å². The topological polar surface area (TPSA) is 102 Å². The van der Waals surface area contributed by atoms with Crippen LogP contribution in [0.2, 0.25) is 0 Å². The van der Waals surface area contributed by atoms with Gasteiger partial charge in [0.05, 0.1) is 41.8 Å². The van der Waals surface area contributed by atoms with Gasteiger partial charge in [-0.05, 0) is 55.5 Å². The Morgan fingerprint density at radius 3 is 2.50 bits per heavy atom. The first kappa shape index (κ1) is 22.1. The molecule has 10 heteroatoms. The van der Waals surface area contributed by atoms with Crippen LogP contribution in [0.25, 0.3) is 11.3 Å². The van der Waals surface area contributed by atoms with E-state index in [0.29, 0.717) is 29.0 Å². The molecule has 0 saturated heterocycles. The number of hydrogen-bond donors (Lipinski definition) is 0. The molecule has 0 N–H and O–H groups in total. The molecule has 1 aliphatic heterocycles. The standard InChI is InChI=1S/C28H22N6O4/c1-17-23-24(21-9-6-14-36-21)25-26-30-22(15-37-20-12-10-19(35-2)11-13-20)32-33(26)16-29-27(25)38-28(23)34(31-17)18-7-4-3-5-8-18/h3-14,16,24H,15H2,1-2H3. The molecule has 2 aromatic carbocycles. The number of methoxy groups -OCH3 is 1. The Bertz CT molecular complexity index is 1740. The number of aromatic nitrogens is 6. The molecular formula is C28H22N6O4. The maximum Gasteiger partial charge on any atom is 0.230 e. The molecule has 0 aliphatic carbocycles. The molecule has 1 aliphatic rings. The van der Waals surface area contributed by atoms with Gasteiger partial charge in [-0.1, -0.05) is 18.2 Å². The molecule has 0 amide bonds. The fourth-order valence-corrected chi connectivity index (χ4v) is 4.79. The fourth-order valence-electron chi connectivity index (χ4n) is 4.79. The first-order valence-corrected chi connectivity index (χ1v) is 12.1. The Morgan fingerprint density at radius 1 is 0.921 bits per heavy atom. The molecule has 0 radical (unpaired) electrons. The minimum Gasteiger partial charge on any atom is -0.497 e. The molecule has 10 nitrogen and oxygen atoms in total. The highest BCUT2D eigenvalue weighted by Crippen LogP contribution is 2.49. The lowest BCUT2D eigenvalue weighted by Crippen LogP contribution is -2.15. The van der Waals surface area contributed by atoms with Crippen molar-refractivity contribution in [3.05, 3.63) is 108 Å². The Morgan fingerprint density at radius 2 is 1.74 bits per heavy atom. The number of nitrogens with zero attached hydrogens (tertiary/aromatic N) is 6. The van der Waals surface area contributed by atoms with Gasteiger partial charge in [-0.15, -0.1) is 5.10 Å². The number of aryl methyl sites for hydroxylation is 1. The molecule has 188 valence electrons. The van der Waals surface area contributed by atoms with Crippen LogP contribution in [0.1, 0.15) is 34.3 Å². The molecule has 5 heterocycles. The van der Waals surface area contributed by atoms with Gasteiger partial charge in [-0.2, -0.15) is 5.10 Å². The van der Waals surface area contributed by atoms with Gasteiger partial charge in [-0.3, -0.25) is 0 Å². The van der Waals surface area contributed by atoms with Crippen molar-refractivity contribution >= 4 is 5.65 Å². The fraction of sp³-hybridized carbons (Fsp3) is 0.143. The van der Waals surface area contributed by atoms with Crippen LogP contribution in [0.4, 0.5) is 0 Å². The van der Waals surface area contributed by atoms with E-state index in [0.717, 1.165) is 34.0 Å². The van der Waals surface area contributed by atoms with E-state index < -0.39 is 0 Å². The zero-order valence-corrected chi connectivity index (χ0v) is 20.6. The number of ether oxygens (including phenoxy) is 3. The maximum absolute atomic E-state index is 6.40. The van der Waals surface area contributed by atoms with Crippen LogP contribution < -0.4 is 14.2 Å². The highest BCUT2D eigenvalue weighted by Gasteiger charge is 2.39. The van der Waals surface area contributed by atoms with Crippen molar-refractivity contribution in [2.45, 2.75) is 19.4 Å². The lowest BCUT2D eigenvalue weighted by molar-refractivity contribution is 0.295. The first-order chi connectivity index (χ1) is 18.7. The SMILES string of the molecule is COc1ccc(OCc2nc3c4c(ncn3n2)Oc2c(c(C)nn2-c2ccccc2)C4c2ccco2)cc1. The van der Waals surface area contributed by atoms with Gasteiger partial charge in [0.15, 0.2) is 11.5 Å². The average molecular weight is 507 g/mol.